The van der Waals surface area contributed by atoms with Crippen LogP contribution in [0.15, 0.2) is 0 Å². The van der Waals surface area contributed by atoms with Gasteiger partial charge in [0.25, 0.3) is 0 Å². The summed E-state index contributed by atoms with van der Waals surface area (Å²) in [6.45, 7) is 6.78. The number of hydrogen-bond acceptors (Lipinski definition) is 5. The van der Waals surface area contributed by atoms with E-state index in [4.69, 9.17) is 5.11 Å². The molecule has 0 radical (unpaired) electrons. The summed E-state index contributed by atoms with van der Waals surface area (Å²) in [6.07, 6.45) is 54.1. The Morgan fingerprint density at radius 1 is 0.281 bits per heavy atom. The van der Waals surface area contributed by atoms with E-state index < -0.39 is 17.9 Å². The van der Waals surface area contributed by atoms with Crippen molar-refractivity contribution in [2.24, 2.45) is 0 Å². The van der Waals surface area contributed by atoms with E-state index >= 15 is 0 Å². The number of rotatable bonds is 44. The maximum absolute atomic E-state index is 10.3. The molecule has 0 unspecified atom stereocenters. The number of carboxylic acids is 3. The molecule has 57 heavy (non-hydrogen) atoms. The summed E-state index contributed by atoms with van der Waals surface area (Å²) in [5.41, 5.74) is 0. The molecule has 0 aromatic carbocycles. The molecule has 0 aromatic rings. The Kier molecular flexibility index (Phi) is 66.6. The molecule has 0 rings (SSSR count). The van der Waals surface area contributed by atoms with E-state index in [-0.39, 0.29) is 50.6 Å². The SMILES string of the molecule is CCCCCCCCCCCCCC(=O)[O-].CCCCCCCCCCCCCCCCCC(=O)O.CCCCCCCCCCCCCCCCCC(=O)[O-].[Ca+2]. The van der Waals surface area contributed by atoms with Gasteiger partial charge >= 0.3 is 43.7 Å². The number of unbranched alkanes of at least 4 members (excludes halogenated alkanes) is 38. The van der Waals surface area contributed by atoms with Gasteiger partial charge in [0.05, 0.1) is 0 Å². The Labute approximate surface area is 386 Å². The maximum Gasteiger partial charge on any atom is 2.00 e. The van der Waals surface area contributed by atoms with Crippen molar-refractivity contribution >= 4 is 55.6 Å². The first-order valence-electron chi connectivity index (χ1n) is 24.9. The minimum atomic E-state index is -0.907. The average Bonchev–Trinajstić information content (AvgIpc) is 3.17. The molecule has 0 atom stereocenters. The van der Waals surface area contributed by atoms with Crippen molar-refractivity contribution in [1.82, 2.24) is 0 Å². The molecule has 0 aliphatic carbocycles. The first-order chi connectivity index (χ1) is 27.3. The third kappa shape index (κ3) is 73.6. The maximum atomic E-state index is 10.3. The number of carbonyl (C=O) groups is 3. The molecule has 0 saturated carbocycles. The number of carbonyl (C=O) groups excluding carboxylic acids is 2. The standard InChI is InChI=1S/2C18H36O2.C14H28O2.Ca/c2*1-2-3-4-5-6-7-8-9-10-11-12-13-14-15-16-17-18(19)20;1-2-3-4-5-6-7-8-9-10-11-12-13-14(15)16;/h2*2-17H2,1H3,(H,19,20);2-13H2,1H3,(H,15,16);/q;;;+2/p-2. The van der Waals surface area contributed by atoms with Crippen LogP contribution in [-0.2, 0) is 14.4 Å². The summed E-state index contributed by atoms with van der Waals surface area (Å²) in [7, 11) is 0. The molecule has 0 amide bonds. The summed E-state index contributed by atoms with van der Waals surface area (Å²) in [5.74, 6) is -2.46. The summed E-state index contributed by atoms with van der Waals surface area (Å²) in [6, 6.07) is 0. The third-order valence-corrected chi connectivity index (χ3v) is 11.0. The van der Waals surface area contributed by atoms with Crippen LogP contribution in [0.3, 0.4) is 0 Å². The van der Waals surface area contributed by atoms with Gasteiger partial charge in [-0.15, -0.1) is 0 Å². The van der Waals surface area contributed by atoms with E-state index in [0.29, 0.717) is 6.42 Å². The van der Waals surface area contributed by atoms with Crippen LogP contribution in [-0.4, -0.2) is 60.8 Å². The van der Waals surface area contributed by atoms with Gasteiger partial charge in [-0.1, -0.05) is 265 Å². The van der Waals surface area contributed by atoms with Gasteiger partial charge in [0.1, 0.15) is 0 Å². The van der Waals surface area contributed by atoms with Crippen molar-refractivity contribution in [3.8, 4) is 0 Å². The van der Waals surface area contributed by atoms with Gasteiger partial charge in [-0.05, 0) is 32.1 Å². The van der Waals surface area contributed by atoms with Gasteiger partial charge in [0.15, 0.2) is 0 Å². The van der Waals surface area contributed by atoms with Crippen molar-refractivity contribution in [1.29, 1.82) is 0 Å². The molecule has 0 bridgehead atoms. The number of carboxylic acid groups (broad SMARTS) is 3. The summed E-state index contributed by atoms with van der Waals surface area (Å²) < 4.78 is 0. The Hall–Kier alpha value is -0.330. The van der Waals surface area contributed by atoms with Gasteiger partial charge in [-0.2, -0.15) is 0 Å². The molecule has 0 fully saturated rings. The molecule has 0 aliphatic heterocycles. The predicted octanol–water partition coefficient (Wildman–Crippen LogP) is 14.4. The molecular formula is C50H98CaO6. The summed E-state index contributed by atoms with van der Waals surface area (Å²) >= 11 is 0. The first kappa shape index (κ1) is 63.3. The Morgan fingerprint density at radius 2 is 0.421 bits per heavy atom. The smallest absolute Gasteiger partial charge is 0.550 e. The first-order valence-corrected chi connectivity index (χ1v) is 24.9. The van der Waals surface area contributed by atoms with Crippen molar-refractivity contribution in [3.63, 3.8) is 0 Å². The number of hydrogen-bond donors (Lipinski definition) is 1. The molecule has 0 spiro atoms. The van der Waals surface area contributed by atoms with Crippen molar-refractivity contribution in [2.45, 2.75) is 303 Å². The molecule has 6 nitrogen and oxygen atoms in total. The van der Waals surface area contributed by atoms with Crippen LogP contribution in [0.2, 0.25) is 0 Å². The van der Waals surface area contributed by atoms with Gasteiger partial charge in [0, 0.05) is 18.4 Å². The van der Waals surface area contributed by atoms with Crippen LogP contribution >= 0.6 is 0 Å². The second kappa shape index (κ2) is 60.0. The monoisotopic (exact) mass is 835 g/mol. The Morgan fingerprint density at radius 3 is 0.561 bits per heavy atom. The van der Waals surface area contributed by atoms with Crippen molar-refractivity contribution in [2.75, 3.05) is 0 Å². The predicted molar refractivity (Wildman–Crippen MR) is 244 cm³/mol. The zero-order valence-electron chi connectivity index (χ0n) is 38.8. The minimum Gasteiger partial charge on any atom is -0.550 e. The molecule has 1 N–H and O–H groups in total. The molecule has 7 heteroatoms. The minimum absolute atomic E-state index is 0. The molecular weight excluding hydrogens is 737 g/mol. The van der Waals surface area contributed by atoms with E-state index in [9.17, 15) is 24.6 Å². The topological polar surface area (TPSA) is 118 Å². The van der Waals surface area contributed by atoms with Crippen molar-refractivity contribution in [3.05, 3.63) is 0 Å². The normalized spacial score (nSPS) is 10.6. The molecule has 0 aliphatic rings. The van der Waals surface area contributed by atoms with Crippen LogP contribution < -0.4 is 10.2 Å². The Bertz CT molecular complexity index is 717. The van der Waals surface area contributed by atoms with Crippen LogP contribution in [0, 0.1) is 0 Å². The van der Waals surface area contributed by atoms with E-state index in [2.05, 4.69) is 20.8 Å². The largest absolute Gasteiger partial charge is 2.00 e. The second-order valence-corrected chi connectivity index (χ2v) is 16.8. The van der Waals surface area contributed by atoms with Crippen LogP contribution in [0.4, 0.5) is 0 Å². The van der Waals surface area contributed by atoms with E-state index in [1.807, 2.05) is 0 Å². The zero-order valence-corrected chi connectivity index (χ0v) is 41.0. The summed E-state index contributed by atoms with van der Waals surface area (Å²) in [4.78, 5) is 30.7. The number of aliphatic carboxylic acids is 3. The molecule has 0 heterocycles. The summed E-state index contributed by atoms with van der Waals surface area (Å²) in [5, 5.41) is 28.9. The zero-order chi connectivity index (χ0) is 41.8. The third-order valence-electron chi connectivity index (χ3n) is 11.0. The fourth-order valence-electron chi connectivity index (χ4n) is 7.22. The van der Waals surface area contributed by atoms with Gasteiger partial charge in [-0.3, -0.25) is 4.79 Å². The van der Waals surface area contributed by atoms with Gasteiger partial charge < -0.3 is 24.9 Å². The molecule has 0 aromatic heterocycles. The molecule has 336 valence electrons. The van der Waals surface area contributed by atoms with Crippen LogP contribution in [0.25, 0.3) is 0 Å². The van der Waals surface area contributed by atoms with E-state index in [1.54, 1.807) is 0 Å². The van der Waals surface area contributed by atoms with Gasteiger partial charge in [0.2, 0.25) is 0 Å². The van der Waals surface area contributed by atoms with E-state index in [0.717, 1.165) is 38.5 Å². The fraction of sp³-hybridized carbons (Fsp3) is 0.940. The van der Waals surface area contributed by atoms with Crippen LogP contribution in [0.1, 0.15) is 303 Å². The second-order valence-electron chi connectivity index (χ2n) is 16.8. The Balaban J connectivity index is -0.000000369. The molecule has 0 saturated heterocycles. The fourth-order valence-corrected chi connectivity index (χ4v) is 7.22. The average molecular weight is 835 g/mol. The van der Waals surface area contributed by atoms with Gasteiger partial charge in [-0.25, -0.2) is 0 Å². The van der Waals surface area contributed by atoms with E-state index in [1.165, 1.54) is 225 Å². The van der Waals surface area contributed by atoms with Crippen LogP contribution in [0.5, 0.6) is 0 Å². The quantitative estimate of drug-likeness (QED) is 0.0482. The van der Waals surface area contributed by atoms with Crippen molar-refractivity contribution < 1.29 is 29.7 Å².